The molecule has 0 aliphatic rings. The zero-order valence-corrected chi connectivity index (χ0v) is 17.5. The highest BCUT2D eigenvalue weighted by atomic mass is 16.6. The van der Waals surface area contributed by atoms with Crippen LogP contribution in [-0.2, 0) is 38.1 Å². The summed E-state index contributed by atoms with van der Waals surface area (Å²) in [5.74, 6) is -2.80. The second-order valence-electron chi connectivity index (χ2n) is 6.45. The Labute approximate surface area is 178 Å². The first kappa shape index (κ1) is 23.5. The van der Waals surface area contributed by atoms with Crippen molar-refractivity contribution >= 4 is 23.9 Å². The molecule has 0 bridgehead atoms. The summed E-state index contributed by atoms with van der Waals surface area (Å²) in [5, 5.41) is 8.46. The molecule has 0 amide bonds. The third-order valence-corrected chi connectivity index (χ3v) is 3.82. The standard InChI is InChI=1S/C20H23N3O8/c1-12(24)28-11-18(29-13(2)25)20(31-15(4)27)19(30-14(3)26)17-10-21-23(22-17)16-8-6-5-7-9-16/h5-10,18-20H,11H2,1-4H3/t18-,19+,20-/m0/s1. The van der Waals surface area contributed by atoms with Gasteiger partial charge in [-0.15, -0.1) is 5.10 Å². The normalized spacial score (nSPS) is 13.4. The Hall–Kier alpha value is -3.76. The number of nitrogens with zero attached hydrogens (tertiary/aromatic N) is 3. The number of esters is 4. The number of aromatic nitrogens is 3. The number of ether oxygens (including phenoxy) is 4. The summed E-state index contributed by atoms with van der Waals surface area (Å²) in [7, 11) is 0. The quantitative estimate of drug-likeness (QED) is 0.420. The van der Waals surface area contributed by atoms with Gasteiger partial charge in [0.1, 0.15) is 12.3 Å². The molecule has 1 aromatic heterocycles. The van der Waals surface area contributed by atoms with Crippen molar-refractivity contribution in [2.75, 3.05) is 6.61 Å². The van der Waals surface area contributed by atoms with E-state index in [-0.39, 0.29) is 5.69 Å². The zero-order chi connectivity index (χ0) is 23.0. The highest BCUT2D eigenvalue weighted by Crippen LogP contribution is 2.27. The lowest BCUT2D eigenvalue weighted by Gasteiger charge is -2.30. The summed E-state index contributed by atoms with van der Waals surface area (Å²) in [6.07, 6.45) is -2.59. The van der Waals surface area contributed by atoms with Crippen LogP contribution in [0.15, 0.2) is 36.5 Å². The van der Waals surface area contributed by atoms with Crippen molar-refractivity contribution < 1.29 is 38.1 Å². The summed E-state index contributed by atoms with van der Waals surface area (Å²) >= 11 is 0. The molecule has 11 nitrogen and oxygen atoms in total. The predicted molar refractivity (Wildman–Crippen MR) is 104 cm³/mol. The molecule has 0 saturated carbocycles. The molecule has 3 atom stereocenters. The summed E-state index contributed by atoms with van der Waals surface area (Å²) in [5.41, 5.74) is 0.765. The zero-order valence-electron chi connectivity index (χ0n) is 17.5. The van der Waals surface area contributed by atoms with Crippen LogP contribution in [0.3, 0.4) is 0 Å². The van der Waals surface area contributed by atoms with Gasteiger partial charge >= 0.3 is 23.9 Å². The second-order valence-corrected chi connectivity index (χ2v) is 6.45. The van der Waals surface area contributed by atoms with E-state index in [4.69, 9.17) is 18.9 Å². The van der Waals surface area contributed by atoms with E-state index in [0.29, 0.717) is 5.69 Å². The Kier molecular flexibility index (Phi) is 8.24. The van der Waals surface area contributed by atoms with Crippen molar-refractivity contribution in [3.05, 3.63) is 42.2 Å². The van der Waals surface area contributed by atoms with E-state index >= 15 is 0 Å². The van der Waals surface area contributed by atoms with Crippen LogP contribution < -0.4 is 0 Å². The predicted octanol–water partition coefficient (Wildman–Crippen LogP) is 1.30. The molecule has 2 aromatic rings. The van der Waals surface area contributed by atoms with E-state index in [0.717, 1.165) is 20.8 Å². The van der Waals surface area contributed by atoms with Gasteiger partial charge in [-0.2, -0.15) is 9.90 Å². The Morgan fingerprint density at radius 2 is 1.48 bits per heavy atom. The van der Waals surface area contributed by atoms with E-state index in [9.17, 15) is 19.2 Å². The Balaban J connectivity index is 2.46. The van der Waals surface area contributed by atoms with Gasteiger partial charge < -0.3 is 18.9 Å². The molecular weight excluding hydrogens is 410 g/mol. The number of hydrogen-bond acceptors (Lipinski definition) is 10. The molecule has 166 valence electrons. The van der Waals surface area contributed by atoms with Crippen LogP contribution in [0.1, 0.15) is 39.5 Å². The van der Waals surface area contributed by atoms with Gasteiger partial charge in [0.15, 0.2) is 18.3 Å². The Morgan fingerprint density at radius 3 is 2.03 bits per heavy atom. The molecule has 0 aliphatic carbocycles. The fourth-order valence-electron chi connectivity index (χ4n) is 2.70. The fourth-order valence-corrected chi connectivity index (χ4v) is 2.70. The molecule has 0 spiro atoms. The lowest BCUT2D eigenvalue weighted by molar-refractivity contribution is -0.190. The lowest BCUT2D eigenvalue weighted by atomic mass is 10.1. The topological polar surface area (TPSA) is 136 Å². The van der Waals surface area contributed by atoms with Crippen LogP contribution in [0, 0.1) is 0 Å². The van der Waals surface area contributed by atoms with Gasteiger partial charge in [-0.05, 0) is 12.1 Å². The molecule has 2 rings (SSSR count). The summed E-state index contributed by atoms with van der Waals surface area (Å²) in [4.78, 5) is 47.8. The minimum Gasteiger partial charge on any atom is -0.462 e. The van der Waals surface area contributed by atoms with Crippen molar-refractivity contribution in [1.82, 2.24) is 15.0 Å². The van der Waals surface area contributed by atoms with Gasteiger partial charge in [0.25, 0.3) is 0 Å². The van der Waals surface area contributed by atoms with Crippen LogP contribution in [-0.4, -0.2) is 57.7 Å². The summed E-state index contributed by atoms with van der Waals surface area (Å²) in [6, 6.07) is 8.93. The Morgan fingerprint density at radius 1 is 0.871 bits per heavy atom. The molecule has 1 aromatic carbocycles. The third-order valence-electron chi connectivity index (χ3n) is 3.82. The average Bonchev–Trinajstić information content (AvgIpc) is 3.18. The number of benzene rings is 1. The molecule has 0 aliphatic heterocycles. The largest absolute Gasteiger partial charge is 0.462 e. The van der Waals surface area contributed by atoms with Crippen LogP contribution >= 0.6 is 0 Å². The van der Waals surface area contributed by atoms with E-state index in [2.05, 4.69) is 10.2 Å². The first-order valence-corrected chi connectivity index (χ1v) is 9.30. The monoisotopic (exact) mass is 433 g/mol. The minimum absolute atomic E-state index is 0.130. The highest BCUT2D eigenvalue weighted by Gasteiger charge is 2.40. The van der Waals surface area contributed by atoms with Crippen molar-refractivity contribution in [1.29, 1.82) is 0 Å². The smallest absolute Gasteiger partial charge is 0.303 e. The van der Waals surface area contributed by atoms with Gasteiger partial charge in [-0.25, -0.2) is 0 Å². The number of para-hydroxylation sites is 1. The Bertz CT molecular complexity index is 928. The third kappa shape index (κ3) is 7.21. The van der Waals surface area contributed by atoms with Crippen LogP contribution in [0.5, 0.6) is 0 Å². The van der Waals surface area contributed by atoms with Crippen molar-refractivity contribution in [3.63, 3.8) is 0 Å². The molecular formula is C20H23N3O8. The molecule has 11 heteroatoms. The number of hydrogen-bond donors (Lipinski definition) is 0. The first-order chi connectivity index (χ1) is 14.7. The molecule has 1 heterocycles. The number of carbonyl (C=O) groups is 4. The van der Waals surface area contributed by atoms with Gasteiger partial charge in [0, 0.05) is 27.7 Å². The molecule has 0 saturated heterocycles. The average molecular weight is 433 g/mol. The van der Waals surface area contributed by atoms with Crippen LogP contribution in [0.25, 0.3) is 5.69 Å². The van der Waals surface area contributed by atoms with Crippen molar-refractivity contribution in [2.24, 2.45) is 0 Å². The number of rotatable bonds is 9. The van der Waals surface area contributed by atoms with E-state index < -0.39 is 48.8 Å². The summed E-state index contributed by atoms with van der Waals surface area (Å²) < 4.78 is 20.8. The fraction of sp³-hybridized carbons (Fsp3) is 0.400. The van der Waals surface area contributed by atoms with Gasteiger partial charge in [-0.1, -0.05) is 18.2 Å². The van der Waals surface area contributed by atoms with Crippen LogP contribution in [0.4, 0.5) is 0 Å². The molecule has 0 fully saturated rings. The van der Waals surface area contributed by atoms with Gasteiger partial charge in [-0.3, -0.25) is 19.2 Å². The molecule has 31 heavy (non-hydrogen) atoms. The SMILES string of the molecule is CC(=O)OC[C@H](OC(C)=O)[C@H](OC(C)=O)[C@H](OC(C)=O)c1cnn(-c2ccccc2)n1. The van der Waals surface area contributed by atoms with Crippen molar-refractivity contribution in [2.45, 2.75) is 46.0 Å². The lowest BCUT2D eigenvalue weighted by Crippen LogP contribution is -2.43. The summed E-state index contributed by atoms with van der Waals surface area (Å²) in [6.45, 7) is 4.16. The highest BCUT2D eigenvalue weighted by molar-refractivity contribution is 5.69. The minimum atomic E-state index is -1.36. The number of carbonyl (C=O) groups excluding carboxylic acids is 4. The van der Waals surface area contributed by atoms with Crippen LogP contribution in [0.2, 0.25) is 0 Å². The van der Waals surface area contributed by atoms with Gasteiger partial charge in [0.2, 0.25) is 0 Å². The maximum Gasteiger partial charge on any atom is 0.303 e. The molecule has 0 N–H and O–H groups in total. The van der Waals surface area contributed by atoms with E-state index in [1.807, 2.05) is 6.07 Å². The van der Waals surface area contributed by atoms with E-state index in [1.165, 1.54) is 17.9 Å². The van der Waals surface area contributed by atoms with Gasteiger partial charge in [0.05, 0.1) is 11.9 Å². The maximum absolute atomic E-state index is 11.8. The maximum atomic E-state index is 11.8. The first-order valence-electron chi connectivity index (χ1n) is 9.30. The van der Waals surface area contributed by atoms with Crippen molar-refractivity contribution in [3.8, 4) is 5.69 Å². The van der Waals surface area contributed by atoms with E-state index in [1.54, 1.807) is 24.3 Å². The second kappa shape index (κ2) is 10.9. The molecule has 0 radical (unpaired) electrons. The molecule has 0 unspecified atom stereocenters.